The molecule has 2 aromatic heterocycles. The number of imide groups is 1. The summed E-state index contributed by atoms with van der Waals surface area (Å²) in [6, 6.07) is 18.5. The fraction of sp³-hybridized carbons (Fsp3) is 0.385. The molecule has 5 heterocycles. The largest absolute Gasteiger partial charge is 0.554 e. The van der Waals surface area contributed by atoms with Crippen molar-refractivity contribution in [2.45, 2.75) is 81.3 Å². The highest BCUT2D eigenvalue weighted by Gasteiger charge is 2.49. The zero-order valence-corrected chi connectivity index (χ0v) is 43.9. The number of aromatic nitrogens is 4. The number of amides is 4. The van der Waals surface area contributed by atoms with E-state index in [1.54, 1.807) is 35.1 Å². The number of piperidine rings is 1. The van der Waals surface area contributed by atoms with Crippen LogP contribution in [0.3, 0.4) is 0 Å². The first kappa shape index (κ1) is 53.8. The first-order valence-corrected chi connectivity index (χ1v) is 27.3. The maximum Gasteiger partial charge on any atom is 0.290 e. The standard InChI is InChI=1S/C51H57N11O8S2.CH2O2/c1-6-52-44-23-37(51(25-33(3)26-51)50-56-54-31-58(50)4)24-45(55-44)60-27-40-39(49(60)66)20-35(21-42(40)71-5)30-62(19-7-8-32(2)28-62)29-34-9-12-38(13-10-34)57-72(69,70)43-14-11-36(22-41(43)61(67)68)48(65)53-17-18-59-46(63)15-16-47(59)64;2-1-3/h9-16,20-24,31-33,57H,6-8,17-19,25-30H2,1-5H3,(H-,52,53,55,65);1H,(H,2,3)/t32-,33?,51?,62?;/m0./s1. The average Bonchev–Trinajstić information content (AvgIpc) is 4.05. The number of carbonyl (C=O) groups is 5. The second-order valence-corrected chi connectivity index (χ2v) is 22.3. The molecule has 9 rings (SSSR count). The van der Waals surface area contributed by atoms with Gasteiger partial charge in [-0.2, -0.15) is 0 Å². The highest BCUT2D eigenvalue weighted by molar-refractivity contribution is 7.98. The lowest BCUT2D eigenvalue weighted by molar-refractivity contribution is -0.960. The molecule has 21 nitrogen and oxygen atoms in total. The molecule has 0 radical (unpaired) electrons. The lowest BCUT2D eigenvalue weighted by atomic mass is 9.58. The molecule has 1 saturated carbocycles. The van der Waals surface area contributed by atoms with E-state index in [0.29, 0.717) is 55.2 Å². The number of rotatable bonds is 18. The number of carbonyl (C=O) groups excluding carboxylic acids is 5. The third-order valence-electron chi connectivity index (χ3n) is 14.3. The van der Waals surface area contributed by atoms with Crippen LogP contribution in [0.4, 0.5) is 23.0 Å². The van der Waals surface area contributed by atoms with Gasteiger partial charge in [0.25, 0.3) is 39.3 Å². The van der Waals surface area contributed by atoms with Gasteiger partial charge in [0.2, 0.25) is 0 Å². The van der Waals surface area contributed by atoms with Gasteiger partial charge in [0, 0.05) is 90.1 Å². The third-order valence-corrected chi connectivity index (χ3v) is 16.5. The SMILES string of the molecule is CCNc1cc(C2(c3nncn3C)CC(C)C2)cc(N2Cc3c(SC)cc(C[N+]4(Cc5ccc(NS(=O)(=O)c6ccc(C(=O)NCCN7C(=O)C=CC7=O)cc6[N+](=O)[O-])cc5)CCC[C@H](C)C4)cc3C2=O)n1.O=C[O-]. The summed E-state index contributed by atoms with van der Waals surface area (Å²) in [5, 5.41) is 35.1. The van der Waals surface area contributed by atoms with Gasteiger partial charge in [-0.3, -0.25) is 43.8 Å². The molecule has 1 saturated heterocycles. The Labute approximate surface area is 438 Å². The van der Waals surface area contributed by atoms with Crippen molar-refractivity contribution in [1.82, 2.24) is 30.0 Å². The summed E-state index contributed by atoms with van der Waals surface area (Å²) in [6.45, 7) is 10.0. The normalized spacial score (nSPS) is 21.0. The van der Waals surface area contributed by atoms with Gasteiger partial charge >= 0.3 is 0 Å². The summed E-state index contributed by atoms with van der Waals surface area (Å²) in [5.41, 5.74) is 3.63. The van der Waals surface area contributed by atoms with E-state index >= 15 is 0 Å². The van der Waals surface area contributed by atoms with Crippen molar-refractivity contribution >= 4 is 74.9 Å². The number of fused-ring (bicyclic) bond motifs is 1. The Bertz CT molecular complexity index is 3180. The van der Waals surface area contributed by atoms with Gasteiger partial charge in [-0.05, 0) is 104 Å². The number of nitrogens with one attached hydrogen (secondary N) is 3. The molecular formula is C52H59N11O10S2. The molecule has 2 fully saturated rings. The lowest BCUT2D eigenvalue weighted by Gasteiger charge is -2.46. The first-order valence-electron chi connectivity index (χ1n) is 24.6. The average molecular weight is 1060 g/mol. The number of hydrogen-bond donors (Lipinski definition) is 3. The Hall–Kier alpha value is -7.50. The van der Waals surface area contributed by atoms with E-state index < -0.39 is 49.7 Å². The third kappa shape index (κ3) is 11.3. The van der Waals surface area contributed by atoms with Crippen LogP contribution in [0.2, 0.25) is 0 Å². The molecule has 3 aliphatic heterocycles. The molecule has 4 aliphatic rings. The maximum atomic E-state index is 14.7. The van der Waals surface area contributed by atoms with Crippen molar-refractivity contribution < 1.29 is 46.9 Å². The summed E-state index contributed by atoms with van der Waals surface area (Å²) in [7, 11) is -2.52. The number of thioether (sulfide) groups is 1. The molecule has 3 N–H and O–H groups in total. The molecule has 75 heavy (non-hydrogen) atoms. The van der Waals surface area contributed by atoms with E-state index in [1.165, 1.54) is 0 Å². The van der Waals surface area contributed by atoms with Crippen LogP contribution >= 0.6 is 11.8 Å². The first-order chi connectivity index (χ1) is 35.8. The molecule has 0 bridgehead atoms. The van der Waals surface area contributed by atoms with Crippen LogP contribution in [-0.4, -0.2) is 112 Å². The minimum absolute atomic E-state index is 0.0898. The van der Waals surface area contributed by atoms with Crippen LogP contribution < -0.4 is 25.4 Å². The van der Waals surface area contributed by atoms with Crippen molar-refractivity contribution in [2.75, 3.05) is 53.9 Å². The molecule has 0 spiro atoms. The molecule has 1 unspecified atom stereocenters. The van der Waals surface area contributed by atoms with E-state index in [-0.39, 0.29) is 35.7 Å². The second-order valence-electron chi connectivity index (χ2n) is 19.8. The minimum atomic E-state index is -4.50. The molecule has 5 aromatic rings. The number of nitro benzene ring substituents is 1. The van der Waals surface area contributed by atoms with Gasteiger partial charge in [-0.1, -0.05) is 26.0 Å². The Morgan fingerprint density at radius 3 is 2.32 bits per heavy atom. The Morgan fingerprint density at radius 1 is 0.987 bits per heavy atom. The summed E-state index contributed by atoms with van der Waals surface area (Å²) >= 11 is 1.63. The number of pyridine rings is 1. The van der Waals surface area contributed by atoms with E-state index in [9.17, 15) is 37.7 Å². The highest BCUT2D eigenvalue weighted by Crippen LogP contribution is 2.52. The monoisotopic (exact) mass is 1060 g/mol. The van der Waals surface area contributed by atoms with Crippen LogP contribution in [0.25, 0.3) is 0 Å². The summed E-state index contributed by atoms with van der Waals surface area (Å²) in [5.74, 6) is 1.28. The fourth-order valence-corrected chi connectivity index (χ4v) is 13.1. The van der Waals surface area contributed by atoms with Gasteiger partial charge < -0.3 is 29.6 Å². The number of anilines is 3. The van der Waals surface area contributed by atoms with E-state index in [2.05, 4.69) is 63.7 Å². The van der Waals surface area contributed by atoms with Gasteiger partial charge in [-0.15, -0.1) is 22.0 Å². The Kier molecular flexibility index (Phi) is 15.9. The van der Waals surface area contributed by atoms with Gasteiger partial charge in [0.05, 0.1) is 30.0 Å². The number of aryl methyl sites for hydroxylation is 1. The summed E-state index contributed by atoms with van der Waals surface area (Å²) in [4.78, 5) is 78.9. The molecule has 23 heteroatoms. The van der Waals surface area contributed by atoms with Crippen LogP contribution in [0, 0.1) is 22.0 Å². The predicted octanol–water partition coefficient (Wildman–Crippen LogP) is 4.92. The number of carboxylic acid groups (broad SMARTS) is 1. The summed E-state index contributed by atoms with van der Waals surface area (Å²) < 4.78 is 32.5. The van der Waals surface area contributed by atoms with Crippen molar-refractivity contribution in [2.24, 2.45) is 18.9 Å². The molecular weight excluding hydrogens is 1000 g/mol. The van der Waals surface area contributed by atoms with Gasteiger partial charge in [-0.25, -0.2) is 13.4 Å². The number of sulfonamides is 1. The number of quaternary nitrogens is 1. The quantitative estimate of drug-likeness (QED) is 0.0263. The number of likely N-dealkylation sites (tertiary alicyclic amines) is 1. The number of benzene rings is 3. The highest BCUT2D eigenvalue weighted by atomic mass is 32.2. The number of hydrogen-bond acceptors (Lipinski definition) is 15. The Balaban J connectivity index is 0.00000243. The fourth-order valence-electron chi connectivity index (χ4n) is 11.2. The second kappa shape index (κ2) is 22.1. The van der Waals surface area contributed by atoms with Crippen LogP contribution in [-0.2, 0) is 56.5 Å². The summed E-state index contributed by atoms with van der Waals surface area (Å²) in [6.07, 6.45) is 9.96. The van der Waals surface area contributed by atoms with Crippen LogP contribution in [0.1, 0.15) is 95.2 Å². The topological polar surface area (TPSA) is 272 Å². The number of nitro groups is 1. The van der Waals surface area contributed by atoms with Gasteiger partial charge in [0.1, 0.15) is 36.9 Å². The van der Waals surface area contributed by atoms with E-state index in [0.717, 1.165) is 111 Å². The maximum absolute atomic E-state index is 14.7. The minimum Gasteiger partial charge on any atom is -0.554 e. The predicted molar refractivity (Wildman–Crippen MR) is 278 cm³/mol. The zero-order valence-electron chi connectivity index (χ0n) is 42.3. The van der Waals surface area contributed by atoms with Gasteiger partial charge in [0.15, 0.2) is 4.90 Å². The van der Waals surface area contributed by atoms with Crippen LogP contribution in [0.15, 0.2) is 95.0 Å². The van der Waals surface area contributed by atoms with E-state index in [1.807, 2.05) is 36.9 Å². The molecule has 1 aliphatic carbocycles. The molecule has 2 atom stereocenters. The molecule has 394 valence electrons. The smallest absolute Gasteiger partial charge is 0.290 e. The molecule has 3 aromatic carbocycles. The number of nitrogens with zero attached hydrogens (tertiary/aromatic N) is 8. The van der Waals surface area contributed by atoms with Crippen molar-refractivity contribution in [1.29, 1.82) is 0 Å². The Morgan fingerprint density at radius 2 is 1.69 bits per heavy atom. The van der Waals surface area contributed by atoms with E-state index in [4.69, 9.17) is 14.9 Å². The van der Waals surface area contributed by atoms with Crippen molar-refractivity contribution in [3.05, 3.63) is 135 Å². The van der Waals surface area contributed by atoms with Crippen molar-refractivity contribution in [3.8, 4) is 0 Å². The zero-order chi connectivity index (χ0) is 53.8. The molecule has 4 amide bonds. The van der Waals surface area contributed by atoms with Crippen molar-refractivity contribution in [3.63, 3.8) is 0 Å². The van der Waals surface area contributed by atoms with Crippen LogP contribution in [0.5, 0.6) is 0 Å². The lowest BCUT2D eigenvalue weighted by Crippen LogP contribution is -2.52.